The zero-order chi connectivity index (χ0) is 13.8. The predicted octanol–water partition coefficient (Wildman–Crippen LogP) is 2.56. The van der Waals surface area contributed by atoms with E-state index in [1.807, 2.05) is 12.1 Å². The quantitative estimate of drug-likeness (QED) is 0.917. The molecule has 98 valence electrons. The minimum atomic E-state index is -1.14. The Hall–Kier alpha value is -2.43. The number of nitrogens with zero attached hydrogens (tertiary/aromatic N) is 2. The minimum absolute atomic E-state index is 0.0569. The molecule has 2 rings (SSSR count). The standard InChI is InChI=1S/C14H13FN2O2/c1-17(9-10-4-6-16-7-5-10)13-3-2-11(14(18)19)8-12(13)15/h2-8H,9H2,1H3,(H,18,19). The van der Waals surface area contributed by atoms with Crippen molar-refractivity contribution in [3.8, 4) is 0 Å². The van der Waals surface area contributed by atoms with Crippen molar-refractivity contribution in [3.05, 3.63) is 59.7 Å². The molecule has 0 saturated carbocycles. The van der Waals surface area contributed by atoms with Gasteiger partial charge in [0, 0.05) is 26.0 Å². The van der Waals surface area contributed by atoms with Crippen molar-refractivity contribution in [2.45, 2.75) is 6.54 Å². The average Bonchev–Trinajstić information content (AvgIpc) is 2.39. The van der Waals surface area contributed by atoms with Crippen LogP contribution in [0.15, 0.2) is 42.7 Å². The molecule has 0 radical (unpaired) electrons. The molecular weight excluding hydrogens is 247 g/mol. The van der Waals surface area contributed by atoms with E-state index in [2.05, 4.69) is 4.98 Å². The van der Waals surface area contributed by atoms with Crippen LogP contribution in [0.2, 0.25) is 0 Å². The van der Waals surface area contributed by atoms with E-state index in [4.69, 9.17) is 5.11 Å². The molecule has 1 heterocycles. The van der Waals surface area contributed by atoms with Crippen LogP contribution in [-0.2, 0) is 6.54 Å². The molecule has 1 aromatic carbocycles. The lowest BCUT2D eigenvalue weighted by Gasteiger charge is -2.20. The van der Waals surface area contributed by atoms with E-state index < -0.39 is 11.8 Å². The van der Waals surface area contributed by atoms with Crippen LogP contribution in [0.4, 0.5) is 10.1 Å². The Bertz CT molecular complexity index is 587. The van der Waals surface area contributed by atoms with Gasteiger partial charge in [-0.2, -0.15) is 0 Å². The van der Waals surface area contributed by atoms with Crippen LogP contribution in [-0.4, -0.2) is 23.1 Å². The van der Waals surface area contributed by atoms with Crippen molar-refractivity contribution in [1.82, 2.24) is 4.98 Å². The number of aromatic carboxylic acids is 1. The first-order chi connectivity index (χ1) is 9.08. The number of carboxylic acid groups (broad SMARTS) is 1. The second-order valence-corrected chi connectivity index (χ2v) is 4.18. The van der Waals surface area contributed by atoms with Crippen molar-refractivity contribution in [3.63, 3.8) is 0 Å². The Morgan fingerprint density at radius 3 is 2.58 bits per heavy atom. The van der Waals surface area contributed by atoms with Crippen molar-refractivity contribution < 1.29 is 14.3 Å². The van der Waals surface area contributed by atoms with Gasteiger partial charge in [0.15, 0.2) is 0 Å². The van der Waals surface area contributed by atoms with E-state index in [0.717, 1.165) is 11.6 Å². The molecule has 0 atom stereocenters. The summed E-state index contributed by atoms with van der Waals surface area (Å²) >= 11 is 0. The maximum Gasteiger partial charge on any atom is 0.335 e. The maximum absolute atomic E-state index is 13.8. The second kappa shape index (κ2) is 5.48. The van der Waals surface area contributed by atoms with Gasteiger partial charge in [-0.15, -0.1) is 0 Å². The first-order valence-corrected chi connectivity index (χ1v) is 5.71. The smallest absolute Gasteiger partial charge is 0.335 e. The number of aromatic nitrogens is 1. The maximum atomic E-state index is 13.8. The third kappa shape index (κ3) is 3.07. The lowest BCUT2D eigenvalue weighted by Crippen LogP contribution is -2.18. The van der Waals surface area contributed by atoms with Crippen LogP contribution in [0.5, 0.6) is 0 Å². The lowest BCUT2D eigenvalue weighted by atomic mass is 10.1. The Morgan fingerprint density at radius 2 is 2.00 bits per heavy atom. The van der Waals surface area contributed by atoms with Crippen LogP contribution in [0.1, 0.15) is 15.9 Å². The minimum Gasteiger partial charge on any atom is -0.478 e. The normalized spacial score (nSPS) is 10.2. The van der Waals surface area contributed by atoms with Crippen molar-refractivity contribution in [1.29, 1.82) is 0 Å². The number of pyridine rings is 1. The van der Waals surface area contributed by atoms with Gasteiger partial charge in [0.05, 0.1) is 11.3 Å². The topological polar surface area (TPSA) is 53.4 Å². The molecule has 19 heavy (non-hydrogen) atoms. The average molecular weight is 260 g/mol. The summed E-state index contributed by atoms with van der Waals surface area (Å²) < 4.78 is 13.8. The number of carboxylic acids is 1. The number of benzene rings is 1. The summed E-state index contributed by atoms with van der Waals surface area (Å²) in [5.74, 6) is -1.68. The molecular formula is C14H13FN2O2. The van der Waals surface area contributed by atoms with Crippen LogP contribution in [0.25, 0.3) is 0 Å². The summed E-state index contributed by atoms with van der Waals surface area (Å²) in [5.41, 5.74) is 1.31. The van der Waals surface area contributed by atoms with Gasteiger partial charge in [-0.1, -0.05) is 0 Å². The largest absolute Gasteiger partial charge is 0.478 e. The Kier molecular flexibility index (Phi) is 3.75. The monoisotopic (exact) mass is 260 g/mol. The number of anilines is 1. The molecule has 0 bridgehead atoms. The predicted molar refractivity (Wildman–Crippen MR) is 69.7 cm³/mol. The summed E-state index contributed by atoms with van der Waals surface area (Å²) in [6.45, 7) is 0.520. The molecule has 0 aliphatic heterocycles. The molecule has 0 spiro atoms. The van der Waals surface area contributed by atoms with Gasteiger partial charge in [-0.05, 0) is 35.9 Å². The molecule has 0 unspecified atom stereocenters. The van der Waals surface area contributed by atoms with E-state index in [1.54, 1.807) is 24.3 Å². The summed E-state index contributed by atoms with van der Waals surface area (Å²) in [6, 6.07) is 7.59. The molecule has 5 heteroatoms. The number of hydrogen-bond acceptors (Lipinski definition) is 3. The fourth-order valence-electron chi connectivity index (χ4n) is 1.80. The third-order valence-electron chi connectivity index (χ3n) is 2.77. The van der Waals surface area contributed by atoms with Gasteiger partial charge in [0.1, 0.15) is 5.82 Å². The van der Waals surface area contributed by atoms with Crippen LogP contribution >= 0.6 is 0 Å². The number of hydrogen-bond donors (Lipinski definition) is 1. The number of rotatable bonds is 4. The zero-order valence-corrected chi connectivity index (χ0v) is 10.4. The Morgan fingerprint density at radius 1 is 1.32 bits per heavy atom. The van der Waals surface area contributed by atoms with Gasteiger partial charge < -0.3 is 10.0 Å². The van der Waals surface area contributed by atoms with Crippen molar-refractivity contribution >= 4 is 11.7 Å². The first-order valence-electron chi connectivity index (χ1n) is 5.71. The highest BCUT2D eigenvalue weighted by Gasteiger charge is 2.11. The second-order valence-electron chi connectivity index (χ2n) is 4.18. The fraction of sp³-hybridized carbons (Fsp3) is 0.143. The molecule has 1 N–H and O–H groups in total. The van der Waals surface area contributed by atoms with Gasteiger partial charge in [-0.3, -0.25) is 4.98 Å². The van der Waals surface area contributed by atoms with Gasteiger partial charge in [0.2, 0.25) is 0 Å². The summed E-state index contributed by atoms with van der Waals surface area (Å²) in [6.07, 6.45) is 3.35. The molecule has 0 fully saturated rings. The summed E-state index contributed by atoms with van der Waals surface area (Å²) in [7, 11) is 1.75. The molecule has 4 nitrogen and oxygen atoms in total. The zero-order valence-electron chi connectivity index (χ0n) is 10.4. The first kappa shape index (κ1) is 13.0. The fourth-order valence-corrected chi connectivity index (χ4v) is 1.80. The van der Waals surface area contributed by atoms with E-state index in [1.165, 1.54) is 12.1 Å². The summed E-state index contributed by atoms with van der Waals surface area (Å²) in [5, 5.41) is 8.79. The van der Waals surface area contributed by atoms with Gasteiger partial charge >= 0.3 is 5.97 Å². The highest BCUT2D eigenvalue weighted by Crippen LogP contribution is 2.21. The van der Waals surface area contributed by atoms with Crippen molar-refractivity contribution in [2.75, 3.05) is 11.9 Å². The van der Waals surface area contributed by atoms with Gasteiger partial charge in [-0.25, -0.2) is 9.18 Å². The van der Waals surface area contributed by atoms with E-state index in [9.17, 15) is 9.18 Å². The van der Waals surface area contributed by atoms with Crippen LogP contribution in [0, 0.1) is 5.82 Å². The number of carbonyl (C=O) groups is 1. The van der Waals surface area contributed by atoms with E-state index >= 15 is 0 Å². The Labute approximate surface area is 110 Å². The molecule has 0 aliphatic rings. The highest BCUT2D eigenvalue weighted by atomic mass is 19.1. The highest BCUT2D eigenvalue weighted by molar-refractivity contribution is 5.88. The summed E-state index contributed by atoms with van der Waals surface area (Å²) in [4.78, 5) is 16.4. The molecule has 0 saturated heterocycles. The Balaban J connectivity index is 2.20. The molecule has 1 aromatic heterocycles. The van der Waals surface area contributed by atoms with Gasteiger partial charge in [0.25, 0.3) is 0 Å². The SMILES string of the molecule is CN(Cc1ccncc1)c1ccc(C(=O)O)cc1F. The molecule has 2 aromatic rings. The molecule has 0 aliphatic carbocycles. The van der Waals surface area contributed by atoms with E-state index in [-0.39, 0.29) is 5.56 Å². The molecule has 0 amide bonds. The van der Waals surface area contributed by atoms with Crippen LogP contribution in [0.3, 0.4) is 0 Å². The third-order valence-corrected chi connectivity index (χ3v) is 2.77. The van der Waals surface area contributed by atoms with E-state index in [0.29, 0.717) is 12.2 Å². The number of halogens is 1. The van der Waals surface area contributed by atoms with Crippen LogP contribution < -0.4 is 4.90 Å². The lowest BCUT2D eigenvalue weighted by molar-refractivity contribution is 0.0696. The van der Waals surface area contributed by atoms with Crippen molar-refractivity contribution in [2.24, 2.45) is 0 Å².